The summed E-state index contributed by atoms with van der Waals surface area (Å²) in [4.78, 5) is 4.72. The molecule has 5 heteroatoms. The number of aromatic nitrogens is 1. The highest BCUT2D eigenvalue weighted by Gasteiger charge is 2.06. The largest absolute Gasteiger partial charge is 0.331 e. The number of anilines is 2. The van der Waals surface area contributed by atoms with Crippen LogP contribution in [0.4, 0.5) is 10.8 Å². The number of benzene rings is 3. The van der Waals surface area contributed by atoms with Gasteiger partial charge in [-0.3, -0.25) is 0 Å². The van der Waals surface area contributed by atoms with E-state index in [1.54, 1.807) is 11.3 Å². The van der Waals surface area contributed by atoms with Crippen molar-refractivity contribution >= 4 is 72.5 Å². The molecular weight excluding hydrogens is 495 g/mol. The third-order valence-electron chi connectivity index (χ3n) is 3.68. The molecule has 2 nitrogen and oxygen atoms in total. The lowest BCUT2D eigenvalue weighted by Crippen LogP contribution is -1.90. The highest BCUT2D eigenvalue weighted by Crippen LogP contribution is 2.30. The maximum atomic E-state index is 4.72. The summed E-state index contributed by atoms with van der Waals surface area (Å²) in [5, 5.41) is 8.90. The maximum Gasteiger partial charge on any atom is 0.187 e. The van der Waals surface area contributed by atoms with Crippen molar-refractivity contribution in [3.05, 3.63) is 75.7 Å². The SMILES string of the molecule is Br.Ic1ccc(-c2csc(Nc3cccc4ccccc34)n2)cc1. The van der Waals surface area contributed by atoms with Gasteiger partial charge in [-0.25, -0.2) is 4.98 Å². The van der Waals surface area contributed by atoms with E-state index in [0.717, 1.165) is 22.1 Å². The molecule has 0 bridgehead atoms. The second-order valence-corrected chi connectivity index (χ2v) is 7.30. The van der Waals surface area contributed by atoms with Crippen molar-refractivity contribution in [2.75, 3.05) is 5.32 Å². The molecule has 0 saturated heterocycles. The van der Waals surface area contributed by atoms with Gasteiger partial charge in [-0.15, -0.1) is 28.3 Å². The van der Waals surface area contributed by atoms with E-state index in [4.69, 9.17) is 4.98 Å². The molecule has 4 rings (SSSR count). The molecule has 1 heterocycles. The van der Waals surface area contributed by atoms with Crippen molar-refractivity contribution in [1.82, 2.24) is 4.98 Å². The molecule has 0 radical (unpaired) electrons. The number of hydrogen-bond acceptors (Lipinski definition) is 3. The quantitative estimate of drug-likeness (QED) is 0.305. The first-order chi connectivity index (χ1) is 11.3. The number of fused-ring (bicyclic) bond motifs is 1. The molecule has 120 valence electrons. The summed E-state index contributed by atoms with van der Waals surface area (Å²) in [5.41, 5.74) is 3.24. The van der Waals surface area contributed by atoms with E-state index in [1.807, 2.05) is 0 Å². The van der Waals surface area contributed by atoms with Gasteiger partial charge in [0, 0.05) is 25.6 Å². The summed E-state index contributed by atoms with van der Waals surface area (Å²) < 4.78 is 1.23. The third-order valence-corrected chi connectivity index (χ3v) is 5.15. The minimum atomic E-state index is 0. The molecular formula is C19H14BrIN2S. The monoisotopic (exact) mass is 508 g/mol. The first-order valence-electron chi connectivity index (χ1n) is 7.26. The molecule has 0 aliphatic carbocycles. The summed E-state index contributed by atoms with van der Waals surface area (Å²) in [6.07, 6.45) is 0. The average molecular weight is 509 g/mol. The summed E-state index contributed by atoms with van der Waals surface area (Å²) in [7, 11) is 0. The summed E-state index contributed by atoms with van der Waals surface area (Å²) in [6, 6.07) is 23.1. The standard InChI is InChI=1S/C19H13IN2S.BrH/c20-15-10-8-14(9-11-15)18-12-23-19(22-18)21-17-7-3-5-13-4-1-2-6-16(13)17;/h1-12H,(H,21,22);1H. The zero-order valence-corrected chi connectivity index (χ0v) is 17.3. The fraction of sp³-hybridized carbons (Fsp3) is 0. The Labute approximate surface area is 168 Å². The lowest BCUT2D eigenvalue weighted by Gasteiger charge is -2.07. The van der Waals surface area contributed by atoms with Gasteiger partial charge in [0.2, 0.25) is 0 Å². The van der Waals surface area contributed by atoms with Crippen LogP contribution in [0.5, 0.6) is 0 Å². The van der Waals surface area contributed by atoms with Gasteiger partial charge in [-0.1, -0.05) is 48.5 Å². The van der Waals surface area contributed by atoms with Crippen LogP contribution >= 0.6 is 50.9 Å². The van der Waals surface area contributed by atoms with E-state index in [0.29, 0.717) is 0 Å². The Balaban J connectivity index is 0.00000169. The Hall–Kier alpha value is -1.44. The fourth-order valence-corrected chi connectivity index (χ4v) is 3.63. The molecule has 0 aliphatic rings. The van der Waals surface area contributed by atoms with Gasteiger partial charge >= 0.3 is 0 Å². The van der Waals surface area contributed by atoms with Crippen LogP contribution in [0.15, 0.2) is 72.1 Å². The second kappa shape index (κ2) is 7.63. The van der Waals surface area contributed by atoms with Crippen LogP contribution in [0.2, 0.25) is 0 Å². The van der Waals surface area contributed by atoms with Crippen molar-refractivity contribution in [2.24, 2.45) is 0 Å². The molecule has 0 atom stereocenters. The number of halogens is 2. The van der Waals surface area contributed by atoms with Gasteiger partial charge < -0.3 is 5.32 Å². The van der Waals surface area contributed by atoms with E-state index in [2.05, 4.69) is 100 Å². The summed E-state index contributed by atoms with van der Waals surface area (Å²) in [6.45, 7) is 0. The van der Waals surface area contributed by atoms with Gasteiger partial charge in [-0.05, 0) is 46.2 Å². The van der Waals surface area contributed by atoms with Crippen molar-refractivity contribution in [3.8, 4) is 11.3 Å². The van der Waals surface area contributed by atoms with Crippen LogP contribution in [0.3, 0.4) is 0 Å². The lowest BCUT2D eigenvalue weighted by atomic mass is 10.1. The number of hydrogen-bond donors (Lipinski definition) is 1. The zero-order valence-electron chi connectivity index (χ0n) is 12.6. The molecule has 0 aliphatic heterocycles. The molecule has 0 saturated carbocycles. The van der Waals surface area contributed by atoms with E-state index in [9.17, 15) is 0 Å². The maximum absolute atomic E-state index is 4.72. The first kappa shape index (κ1) is 17.4. The minimum Gasteiger partial charge on any atom is -0.331 e. The van der Waals surface area contributed by atoms with E-state index >= 15 is 0 Å². The number of thiazole rings is 1. The van der Waals surface area contributed by atoms with Crippen LogP contribution < -0.4 is 5.32 Å². The highest BCUT2D eigenvalue weighted by molar-refractivity contribution is 14.1. The average Bonchev–Trinajstić information content (AvgIpc) is 3.04. The topological polar surface area (TPSA) is 24.9 Å². The van der Waals surface area contributed by atoms with Crippen LogP contribution in [0.25, 0.3) is 22.0 Å². The first-order valence-corrected chi connectivity index (χ1v) is 9.22. The normalized spacial score (nSPS) is 10.4. The van der Waals surface area contributed by atoms with E-state index < -0.39 is 0 Å². The lowest BCUT2D eigenvalue weighted by molar-refractivity contribution is 1.38. The van der Waals surface area contributed by atoms with Crippen molar-refractivity contribution in [2.45, 2.75) is 0 Å². The molecule has 1 aromatic heterocycles. The van der Waals surface area contributed by atoms with Gasteiger partial charge in [0.25, 0.3) is 0 Å². The fourth-order valence-electron chi connectivity index (χ4n) is 2.53. The number of nitrogens with zero attached hydrogens (tertiary/aromatic N) is 1. The smallest absolute Gasteiger partial charge is 0.187 e. The van der Waals surface area contributed by atoms with Crippen LogP contribution in [0.1, 0.15) is 0 Å². The Morgan fingerprint density at radius 3 is 2.46 bits per heavy atom. The predicted octanol–water partition coefficient (Wildman–Crippen LogP) is 6.89. The van der Waals surface area contributed by atoms with Crippen molar-refractivity contribution in [3.63, 3.8) is 0 Å². The predicted molar refractivity (Wildman–Crippen MR) is 118 cm³/mol. The third kappa shape index (κ3) is 3.63. The van der Waals surface area contributed by atoms with Crippen LogP contribution in [0, 0.1) is 3.57 Å². The summed E-state index contributed by atoms with van der Waals surface area (Å²) >= 11 is 3.94. The molecule has 0 unspecified atom stereocenters. The molecule has 3 aromatic carbocycles. The number of rotatable bonds is 3. The molecule has 0 fully saturated rings. The summed E-state index contributed by atoms with van der Waals surface area (Å²) in [5.74, 6) is 0. The Kier molecular flexibility index (Phi) is 5.53. The van der Waals surface area contributed by atoms with E-state index in [-0.39, 0.29) is 17.0 Å². The van der Waals surface area contributed by atoms with Crippen molar-refractivity contribution in [1.29, 1.82) is 0 Å². The highest BCUT2D eigenvalue weighted by atomic mass is 127. The zero-order chi connectivity index (χ0) is 15.6. The molecule has 1 N–H and O–H groups in total. The molecule has 24 heavy (non-hydrogen) atoms. The van der Waals surface area contributed by atoms with Crippen LogP contribution in [-0.2, 0) is 0 Å². The van der Waals surface area contributed by atoms with Gasteiger partial charge in [0.05, 0.1) is 5.69 Å². The number of nitrogens with one attached hydrogen (secondary N) is 1. The minimum absolute atomic E-state index is 0. The molecule has 0 spiro atoms. The van der Waals surface area contributed by atoms with Crippen molar-refractivity contribution < 1.29 is 0 Å². The Morgan fingerprint density at radius 1 is 0.875 bits per heavy atom. The van der Waals surface area contributed by atoms with Gasteiger partial charge in [0.15, 0.2) is 5.13 Å². The Bertz CT molecular complexity index is 961. The van der Waals surface area contributed by atoms with Gasteiger partial charge in [-0.2, -0.15) is 0 Å². The van der Waals surface area contributed by atoms with E-state index in [1.165, 1.54) is 14.3 Å². The Morgan fingerprint density at radius 2 is 1.62 bits per heavy atom. The molecule has 4 aromatic rings. The molecule has 0 amide bonds. The second-order valence-electron chi connectivity index (χ2n) is 5.20. The van der Waals surface area contributed by atoms with Gasteiger partial charge in [0.1, 0.15) is 0 Å². The van der Waals surface area contributed by atoms with Crippen LogP contribution in [-0.4, -0.2) is 4.98 Å².